The number of aryl methyl sites for hydroxylation is 2. The van der Waals surface area contributed by atoms with Gasteiger partial charge in [-0.2, -0.15) is 0 Å². The second-order valence-corrected chi connectivity index (χ2v) is 6.94. The predicted molar refractivity (Wildman–Crippen MR) is 89.6 cm³/mol. The molecule has 0 amide bonds. The van der Waals surface area contributed by atoms with Gasteiger partial charge in [-0.25, -0.2) is 13.1 Å². The Morgan fingerprint density at radius 3 is 2.43 bits per heavy atom. The summed E-state index contributed by atoms with van der Waals surface area (Å²) in [5, 5.41) is 0. The van der Waals surface area contributed by atoms with Crippen molar-refractivity contribution in [3.63, 3.8) is 0 Å². The molecule has 2 aromatic rings. The van der Waals surface area contributed by atoms with Crippen molar-refractivity contribution in [1.29, 1.82) is 0 Å². The van der Waals surface area contributed by atoms with E-state index in [9.17, 15) is 8.42 Å². The highest BCUT2D eigenvalue weighted by atomic mass is 32.2. The summed E-state index contributed by atoms with van der Waals surface area (Å²) in [5.74, 6) is 1.33. The van der Waals surface area contributed by atoms with E-state index in [1.54, 1.807) is 37.4 Å². The van der Waals surface area contributed by atoms with E-state index in [-0.39, 0.29) is 18.0 Å². The molecule has 0 aliphatic rings. The molecular weight excluding hydrogens is 314 g/mol. The summed E-state index contributed by atoms with van der Waals surface area (Å²) in [6.45, 7) is 4.26. The maximum absolute atomic E-state index is 12.2. The first-order chi connectivity index (χ1) is 10.9. The van der Waals surface area contributed by atoms with Crippen LogP contribution in [0.15, 0.2) is 47.4 Å². The maximum Gasteiger partial charge on any atom is 0.240 e. The molecule has 0 spiro atoms. The van der Waals surface area contributed by atoms with E-state index in [0.717, 1.165) is 11.1 Å². The fourth-order valence-corrected chi connectivity index (χ4v) is 3.10. The van der Waals surface area contributed by atoms with Gasteiger partial charge >= 0.3 is 0 Å². The minimum atomic E-state index is -3.52. The lowest BCUT2D eigenvalue weighted by Crippen LogP contribution is -2.28. The lowest BCUT2D eigenvalue weighted by Gasteiger charge is -2.10. The van der Waals surface area contributed by atoms with Crippen molar-refractivity contribution in [1.82, 2.24) is 4.72 Å². The third-order valence-electron chi connectivity index (χ3n) is 3.49. The Balaban J connectivity index is 1.90. The van der Waals surface area contributed by atoms with Crippen LogP contribution in [0.25, 0.3) is 0 Å². The molecule has 0 radical (unpaired) electrons. The van der Waals surface area contributed by atoms with Crippen LogP contribution in [0.2, 0.25) is 0 Å². The average Bonchev–Trinajstić information content (AvgIpc) is 2.54. The van der Waals surface area contributed by atoms with Gasteiger partial charge < -0.3 is 9.47 Å². The summed E-state index contributed by atoms with van der Waals surface area (Å²) < 4.78 is 37.6. The molecule has 23 heavy (non-hydrogen) atoms. The molecule has 0 heterocycles. The van der Waals surface area contributed by atoms with E-state index in [4.69, 9.17) is 9.47 Å². The second kappa shape index (κ2) is 7.48. The molecule has 0 bridgehead atoms. The SMILES string of the molecule is COc1cccc(OCCNS(=O)(=O)c2ccc(C)c(C)c2)c1. The molecule has 2 aromatic carbocycles. The predicted octanol–water partition coefficient (Wildman–Crippen LogP) is 2.67. The van der Waals surface area contributed by atoms with E-state index in [1.165, 1.54) is 0 Å². The number of rotatable bonds is 7. The van der Waals surface area contributed by atoms with Gasteiger partial charge in [0.15, 0.2) is 0 Å². The molecule has 6 heteroatoms. The Hall–Kier alpha value is -2.05. The third kappa shape index (κ3) is 4.71. The lowest BCUT2D eigenvalue weighted by atomic mass is 10.1. The average molecular weight is 335 g/mol. The van der Waals surface area contributed by atoms with E-state index in [2.05, 4.69) is 4.72 Å². The Kier molecular flexibility index (Phi) is 5.63. The van der Waals surface area contributed by atoms with Crippen LogP contribution in [-0.2, 0) is 10.0 Å². The van der Waals surface area contributed by atoms with Gasteiger partial charge in [0, 0.05) is 12.6 Å². The summed E-state index contributed by atoms with van der Waals surface area (Å²) in [6.07, 6.45) is 0. The molecule has 124 valence electrons. The van der Waals surface area contributed by atoms with Crippen LogP contribution in [0.5, 0.6) is 11.5 Å². The van der Waals surface area contributed by atoms with Crippen LogP contribution in [0.4, 0.5) is 0 Å². The van der Waals surface area contributed by atoms with Gasteiger partial charge in [-0.1, -0.05) is 12.1 Å². The van der Waals surface area contributed by atoms with Crippen LogP contribution >= 0.6 is 0 Å². The molecule has 0 saturated carbocycles. The first-order valence-corrected chi connectivity index (χ1v) is 8.74. The molecule has 0 unspecified atom stereocenters. The van der Waals surface area contributed by atoms with Gasteiger partial charge in [-0.3, -0.25) is 0 Å². The number of sulfonamides is 1. The fraction of sp³-hybridized carbons (Fsp3) is 0.294. The third-order valence-corrected chi connectivity index (χ3v) is 4.95. The molecular formula is C17H21NO4S. The van der Waals surface area contributed by atoms with Crippen molar-refractivity contribution in [2.45, 2.75) is 18.7 Å². The molecule has 0 saturated heterocycles. The van der Waals surface area contributed by atoms with Crippen molar-refractivity contribution in [2.75, 3.05) is 20.3 Å². The minimum Gasteiger partial charge on any atom is -0.497 e. The smallest absolute Gasteiger partial charge is 0.240 e. The van der Waals surface area contributed by atoms with Crippen molar-refractivity contribution in [3.8, 4) is 11.5 Å². The summed E-state index contributed by atoms with van der Waals surface area (Å²) >= 11 is 0. The largest absolute Gasteiger partial charge is 0.497 e. The quantitative estimate of drug-likeness (QED) is 0.790. The number of nitrogens with one attached hydrogen (secondary N) is 1. The second-order valence-electron chi connectivity index (χ2n) is 5.17. The minimum absolute atomic E-state index is 0.187. The van der Waals surface area contributed by atoms with E-state index >= 15 is 0 Å². The Morgan fingerprint density at radius 1 is 1.00 bits per heavy atom. The number of hydrogen-bond donors (Lipinski definition) is 1. The van der Waals surface area contributed by atoms with Gasteiger partial charge in [0.05, 0.1) is 12.0 Å². The highest BCUT2D eigenvalue weighted by Crippen LogP contribution is 2.18. The molecule has 0 aliphatic heterocycles. The topological polar surface area (TPSA) is 64.6 Å². The normalized spacial score (nSPS) is 11.3. The van der Waals surface area contributed by atoms with Gasteiger partial charge in [0.1, 0.15) is 18.1 Å². The monoisotopic (exact) mass is 335 g/mol. The first-order valence-electron chi connectivity index (χ1n) is 7.26. The Labute approximate surface area is 137 Å². The van der Waals surface area contributed by atoms with E-state index in [0.29, 0.717) is 11.5 Å². The van der Waals surface area contributed by atoms with Crippen molar-refractivity contribution in [3.05, 3.63) is 53.6 Å². The van der Waals surface area contributed by atoms with Gasteiger partial charge in [0.2, 0.25) is 10.0 Å². The van der Waals surface area contributed by atoms with E-state index < -0.39 is 10.0 Å². The molecule has 0 atom stereocenters. The zero-order valence-electron chi connectivity index (χ0n) is 13.5. The van der Waals surface area contributed by atoms with E-state index in [1.807, 2.05) is 26.0 Å². The van der Waals surface area contributed by atoms with Crippen LogP contribution in [-0.4, -0.2) is 28.7 Å². The maximum atomic E-state index is 12.2. The number of ether oxygens (including phenoxy) is 2. The highest BCUT2D eigenvalue weighted by Gasteiger charge is 2.13. The van der Waals surface area contributed by atoms with Crippen molar-refractivity contribution < 1.29 is 17.9 Å². The summed E-state index contributed by atoms with van der Waals surface area (Å²) in [7, 11) is -1.94. The number of benzene rings is 2. The zero-order chi connectivity index (χ0) is 16.9. The van der Waals surface area contributed by atoms with Crippen LogP contribution in [0.1, 0.15) is 11.1 Å². The molecule has 0 aromatic heterocycles. The first kappa shape index (κ1) is 17.3. The molecule has 1 N–H and O–H groups in total. The summed E-state index contributed by atoms with van der Waals surface area (Å²) in [4.78, 5) is 0.266. The van der Waals surface area contributed by atoms with Gasteiger partial charge in [0.25, 0.3) is 0 Å². The van der Waals surface area contributed by atoms with Gasteiger partial charge in [-0.15, -0.1) is 0 Å². The fourth-order valence-electron chi connectivity index (χ4n) is 2.00. The van der Waals surface area contributed by atoms with Crippen molar-refractivity contribution in [2.24, 2.45) is 0 Å². The Morgan fingerprint density at radius 2 is 1.74 bits per heavy atom. The summed E-state index contributed by atoms with van der Waals surface area (Å²) in [6, 6.07) is 12.2. The van der Waals surface area contributed by atoms with Crippen LogP contribution < -0.4 is 14.2 Å². The summed E-state index contributed by atoms with van der Waals surface area (Å²) in [5.41, 5.74) is 2.01. The molecule has 2 rings (SSSR count). The molecule has 5 nitrogen and oxygen atoms in total. The standard InChI is InChI=1S/C17H21NO4S/c1-13-7-8-17(11-14(13)2)23(19,20)18-9-10-22-16-6-4-5-15(12-16)21-3/h4-8,11-12,18H,9-10H2,1-3H3. The molecule has 0 aliphatic carbocycles. The van der Waals surface area contributed by atoms with Gasteiger partial charge in [-0.05, 0) is 49.2 Å². The zero-order valence-corrected chi connectivity index (χ0v) is 14.3. The Bertz CT molecular complexity index is 772. The lowest BCUT2D eigenvalue weighted by molar-refractivity contribution is 0.320. The number of hydrogen-bond acceptors (Lipinski definition) is 4. The number of methoxy groups -OCH3 is 1. The highest BCUT2D eigenvalue weighted by molar-refractivity contribution is 7.89. The van der Waals surface area contributed by atoms with Crippen molar-refractivity contribution >= 4 is 10.0 Å². The molecule has 0 fully saturated rings. The van der Waals surface area contributed by atoms with Crippen LogP contribution in [0.3, 0.4) is 0 Å². The van der Waals surface area contributed by atoms with Crippen LogP contribution in [0, 0.1) is 13.8 Å².